The summed E-state index contributed by atoms with van der Waals surface area (Å²) in [7, 11) is 0. The number of aliphatic hydroxyl groups is 1. The number of pyridine rings is 1. The molecule has 0 amide bonds. The van der Waals surface area contributed by atoms with Crippen molar-refractivity contribution in [1.29, 1.82) is 0 Å². The van der Waals surface area contributed by atoms with E-state index in [-0.39, 0.29) is 25.3 Å². The Morgan fingerprint density at radius 1 is 1.20 bits per heavy atom. The van der Waals surface area contributed by atoms with Crippen molar-refractivity contribution in [3.05, 3.63) is 57.4 Å². The highest BCUT2D eigenvalue weighted by Crippen LogP contribution is 2.24. The van der Waals surface area contributed by atoms with Crippen LogP contribution in [-0.2, 0) is 13.1 Å². The Balaban J connectivity index is 2.70. The molecule has 2 aromatic rings. The molecule has 0 fully saturated rings. The highest BCUT2D eigenvalue weighted by molar-refractivity contribution is 5.65. The van der Waals surface area contributed by atoms with Gasteiger partial charge < -0.3 is 15.4 Å². The van der Waals surface area contributed by atoms with Crippen LogP contribution in [0.3, 0.4) is 0 Å². The van der Waals surface area contributed by atoms with Gasteiger partial charge in [-0.05, 0) is 31.5 Å². The maximum absolute atomic E-state index is 12.4. The lowest BCUT2D eigenvalue weighted by Crippen LogP contribution is -2.27. The summed E-state index contributed by atoms with van der Waals surface area (Å²) in [6.45, 7) is 4.43. The molecule has 2 rings (SSSR count). The monoisotopic (exact) mass is 272 g/mol. The predicted octanol–water partition coefficient (Wildman–Crippen LogP) is 1.58. The molecule has 106 valence electrons. The molecule has 0 aliphatic rings. The highest BCUT2D eigenvalue weighted by Gasteiger charge is 2.11. The average Bonchev–Trinajstić information content (AvgIpc) is 2.44. The van der Waals surface area contributed by atoms with Crippen molar-refractivity contribution >= 4 is 0 Å². The van der Waals surface area contributed by atoms with Crippen LogP contribution < -0.4 is 11.3 Å². The first-order chi connectivity index (χ1) is 9.58. The summed E-state index contributed by atoms with van der Waals surface area (Å²) in [6.07, 6.45) is 0. The SMILES string of the molecule is Cc1ccc(C)c(-c2ccc(CN)c(=O)n2CCO)c1. The fraction of sp³-hybridized carbons (Fsp3) is 0.312. The van der Waals surface area contributed by atoms with E-state index in [1.54, 1.807) is 10.6 Å². The first kappa shape index (κ1) is 14.5. The zero-order valence-corrected chi connectivity index (χ0v) is 11.9. The number of rotatable bonds is 4. The zero-order valence-electron chi connectivity index (χ0n) is 11.9. The van der Waals surface area contributed by atoms with E-state index in [2.05, 4.69) is 6.07 Å². The van der Waals surface area contributed by atoms with Crippen molar-refractivity contribution in [2.45, 2.75) is 26.9 Å². The van der Waals surface area contributed by atoms with E-state index in [1.165, 1.54) is 0 Å². The summed E-state index contributed by atoms with van der Waals surface area (Å²) in [6, 6.07) is 9.81. The second kappa shape index (κ2) is 6.03. The van der Waals surface area contributed by atoms with Gasteiger partial charge in [0.15, 0.2) is 0 Å². The van der Waals surface area contributed by atoms with Crippen molar-refractivity contribution in [1.82, 2.24) is 4.57 Å². The standard InChI is InChI=1S/C16H20N2O2/c1-11-3-4-12(2)14(9-11)15-6-5-13(10-17)16(20)18(15)7-8-19/h3-6,9,19H,7-8,10,17H2,1-2H3. The Bertz CT molecular complexity index is 675. The van der Waals surface area contributed by atoms with Gasteiger partial charge in [0.25, 0.3) is 5.56 Å². The molecule has 1 aromatic carbocycles. The first-order valence-electron chi connectivity index (χ1n) is 6.69. The summed E-state index contributed by atoms with van der Waals surface area (Å²) in [4.78, 5) is 12.4. The number of nitrogens with zero attached hydrogens (tertiary/aromatic N) is 1. The van der Waals surface area contributed by atoms with Crippen molar-refractivity contribution in [3.63, 3.8) is 0 Å². The lowest BCUT2D eigenvalue weighted by molar-refractivity contribution is 0.274. The Hall–Kier alpha value is -1.91. The van der Waals surface area contributed by atoms with Crippen molar-refractivity contribution in [2.24, 2.45) is 5.73 Å². The molecule has 1 heterocycles. The van der Waals surface area contributed by atoms with Crippen molar-refractivity contribution in [2.75, 3.05) is 6.61 Å². The van der Waals surface area contributed by atoms with Gasteiger partial charge in [-0.25, -0.2) is 0 Å². The van der Waals surface area contributed by atoms with Crippen LogP contribution in [0.1, 0.15) is 16.7 Å². The minimum Gasteiger partial charge on any atom is -0.395 e. The van der Waals surface area contributed by atoms with Crippen molar-refractivity contribution < 1.29 is 5.11 Å². The molecule has 4 nitrogen and oxygen atoms in total. The Kier molecular flexibility index (Phi) is 4.37. The summed E-state index contributed by atoms with van der Waals surface area (Å²) in [5.41, 5.74) is 10.1. The van der Waals surface area contributed by atoms with Crippen LogP contribution in [0.2, 0.25) is 0 Å². The van der Waals surface area contributed by atoms with Crippen LogP contribution >= 0.6 is 0 Å². The Labute approximate surface area is 118 Å². The fourth-order valence-corrected chi connectivity index (χ4v) is 2.35. The minimum atomic E-state index is -0.125. The summed E-state index contributed by atoms with van der Waals surface area (Å²) < 4.78 is 1.60. The van der Waals surface area contributed by atoms with Gasteiger partial charge in [-0.15, -0.1) is 0 Å². The van der Waals surface area contributed by atoms with Crippen LogP contribution in [0.15, 0.2) is 35.1 Å². The van der Waals surface area contributed by atoms with Gasteiger partial charge in [-0.1, -0.05) is 23.8 Å². The zero-order chi connectivity index (χ0) is 14.7. The quantitative estimate of drug-likeness (QED) is 0.888. The third-order valence-corrected chi connectivity index (χ3v) is 3.47. The number of nitrogens with two attached hydrogens (primary N) is 1. The molecular weight excluding hydrogens is 252 g/mol. The van der Waals surface area contributed by atoms with Crippen LogP contribution in [0.25, 0.3) is 11.3 Å². The van der Waals surface area contributed by atoms with E-state index in [0.717, 1.165) is 22.4 Å². The maximum Gasteiger partial charge on any atom is 0.255 e. The van der Waals surface area contributed by atoms with Crippen molar-refractivity contribution in [3.8, 4) is 11.3 Å². The van der Waals surface area contributed by atoms with E-state index in [1.807, 2.05) is 32.0 Å². The van der Waals surface area contributed by atoms with E-state index >= 15 is 0 Å². The molecule has 0 bridgehead atoms. The van der Waals surface area contributed by atoms with Gasteiger partial charge in [0.2, 0.25) is 0 Å². The fourth-order valence-electron chi connectivity index (χ4n) is 2.35. The highest BCUT2D eigenvalue weighted by atomic mass is 16.3. The normalized spacial score (nSPS) is 10.8. The van der Waals surface area contributed by atoms with Crippen LogP contribution in [0.4, 0.5) is 0 Å². The topological polar surface area (TPSA) is 68.2 Å². The number of aliphatic hydroxyl groups excluding tert-OH is 1. The summed E-state index contributed by atoms with van der Waals surface area (Å²) in [5.74, 6) is 0. The van der Waals surface area contributed by atoms with E-state index in [4.69, 9.17) is 5.73 Å². The third-order valence-electron chi connectivity index (χ3n) is 3.47. The summed E-state index contributed by atoms with van der Waals surface area (Å²) in [5, 5.41) is 9.21. The molecule has 0 aliphatic carbocycles. The molecule has 0 atom stereocenters. The number of aryl methyl sites for hydroxylation is 2. The molecule has 0 saturated carbocycles. The second-order valence-corrected chi connectivity index (χ2v) is 4.95. The van der Waals surface area contributed by atoms with E-state index < -0.39 is 0 Å². The number of hydrogen-bond acceptors (Lipinski definition) is 3. The maximum atomic E-state index is 12.4. The van der Waals surface area contributed by atoms with Crippen LogP contribution in [-0.4, -0.2) is 16.3 Å². The lowest BCUT2D eigenvalue weighted by atomic mass is 10.0. The van der Waals surface area contributed by atoms with Gasteiger partial charge in [-0.3, -0.25) is 4.79 Å². The van der Waals surface area contributed by atoms with Gasteiger partial charge >= 0.3 is 0 Å². The number of hydrogen-bond donors (Lipinski definition) is 2. The number of benzene rings is 1. The Morgan fingerprint density at radius 3 is 2.60 bits per heavy atom. The molecule has 0 saturated heterocycles. The molecular formula is C16H20N2O2. The first-order valence-corrected chi connectivity index (χ1v) is 6.69. The van der Waals surface area contributed by atoms with Gasteiger partial charge in [0.05, 0.1) is 12.3 Å². The Morgan fingerprint density at radius 2 is 1.95 bits per heavy atom. The molecule has 0 radical (unpaired) electrons. The largest absolute Gasteiger partial charge is 0.395 e. The van der Waals surface area contributed by atoms with Gasteiger partial charge in [-0.2, -0.15) is 0 Å². The minimum absolute atomic E-state index is 0.0776. The van der Waals surface area contributed by atoms with Crippen LogP contribution in [0, 0.1) is 13.8 Å². The number of aromatic nitrogens is 1. The van der Waals surface area contributed by atoms with Gasteiger partial charge in [0.1, 0.15) is 0 Å². The summed E-state index contributed by atoms with van der Waals surface area (Å²) >= 11 is 0. The third kappa shape index (κ3) is 2.66. The average molecular weight is 272 g/mol. The molecule has 0 spiro atoms. The molecule has 0 unspecified atom stereocenters. The van der Waals surface area contributed by atoms with Crippen LogP contribution in [0.5, 0.6) is 0 Å². The molecule has 0 aliphatic heterocycles. The molecule has 20 heavy (non-hydrogen) atoms. The second-order valence-electron chi connectivity index (χ2n) is 4.95. The molecule has 4 heteroatoms. The van der Waals surface area contributed by atoms with E-state index in [0.29, 0.717) is 5.56 Å². The lowest BCUT2D eigenvalue weighted by Gasteiger charge is -2.15. The van der Waals surface area contributed by atoms with E-state index in [9.17, 15) is 9.90 Å². The van der Waals surface area contributed by atoms with Gasteiger partial charge in [0, 0.05) is 24.2 Å². The predicted molar refractivity (Wildman–Crippen MR) is 80.6 cm³/mol. The smallest absolute Gasteiger partial charge is 0.255 e. The molecule has 1 aromatic heterocycles. The molecule has 3 N–H and O–H groups in total.